The number of carbonyl (C=O) groups is 1. The first-order valence-electron chi connectivity index (χ1n) is 6.39. The molecule has 1 amide bonds. The van der Waals surface area contributed by atoms with Crippen LogP contribution in [0.15, 0.2) is 0 Å². The number of morpholine rings is 1. The fourth-order valence-corrected chi connectivity index (χ4v) is 2.41. The van der Waals surface area contributed by atoms with Crippen LogP contribution in [0, 0.1) is 0 Å². The molecule has 2 rings (SSSR count). The number of carbonyl (C=O) groups excluding carboxylic acids is 1. The number of likely N-dealkylation sites (tertiary alicyclic amines) is 1. The van der Waals surface area contributed by atoms with E-state index in [0.717, 1.165) is 6.42 Å². The second kappa shape index (κ2) is 4.92. The van der Waals surface area contributed by atoms with E-state index in [1.165, 1.54) is 0 Å². The highest BCUT2D eigenvalue weighted by atomic mass is 16.5. The number of aliphatic hydroxyl groups is 1. The van der Waals surface area contributed by atoms with Crippen molar-refractivity contribution in [2.24, 2.45) is 0 Å². The lowest BCUT2D eigenvalue weighted by molar-refractivity contribution is -0.154. The van der Waals surface area contributed by atoms with E-state index in [9.17, 15) is 9.90 Å². The number of amides is 1. The van der Waals surface area contributed by atoms with Crippen LogP contribution in [0.1, 0.15) is 20.3 Å². The van der Waals surface area contributed by atoms with Gasteiger partial charge in [-0.25, -0.2) is 0 Å². The molecule has 5 heteroatoms. The Morgan fingerprint density at radius 3 is 2.53 bits per heavy atom. The molecule has 2 saturated heterocycles. The maximum Gasteiger partial charge on any atom is 0.239 e. The highest BCUT2D eigenvalue weighted by Crippen LogP contribution is 2.26. The van der Waals surface area contributed by atoms with E-state index in [1.54, 1.807) is 0 Å². The summed E-state index contributed by atoms with van der Waals surface area (Å²) >= 11 is 0. The Bertz CT molecular complexity index is 283. The molecule has 1 atom stereocenters. The number of nitrogens with zero attached hydrogens (tertiary/aromatic N) is 2. The third-order valence-electron chi connectivity index (χ3n) is 3.88. The van der Waals surface area contributed by atoms with Crippen LogP contribution < -0.4 is 0 Å². The van der Waals surface area contributed by atoms with E-state index < -0.39 is 5.60 Å². The molecule has 17 heavy (non-hydrogen) atoms. The van der Waals surface area contributed by atoms with Gasteiger partial charge in [0, 0.05) is 26.2 Å². The summed E-state index contributed by atoms with van der Waals surface area (Å²) in [6.07, 6.45) is 0.752. The predicted molar refractivity (Wildman–Crippen MR) is 63.7 cm³/mol. The highest BCUT2D eigenvalue weighted by Gasteiger charge is 2.43. The number of ether oxygens (including phenoxy) is 1. The van der Waals surface area contributed by atoms with Crippen LogP contribution in [-0.2, 0) is 9.53 Å². The largest absolute Gasteiger partial charge is 0.387 e. The van der Waals surface area contributed by atoms with Crippen molar-refractivity contribution in [1.82, 2.24) is 9.80 Å². The van der Waals surface area contributed by atoms with Gasteiger partial charge in [0.25, 0.3) is 0 Å². The van der Waals surface area contributed by atoms with E-state index >= 15 is 0 Å². The number of rotatable bonds is 3. The minimum absolute atomic E-state index is 0.125. The molecule has 2 aliphatic rings. The van der Waals surface area contributed by atoms with Gasteiger partial charge in [-0.2, -0.15) is 0 Å². The standard InChI is InChI=1S/C12H22N2O3/c1-3-12(16)8-14(9-12)10(2)11(15)13-4-6-17-7-5-13/h10,16H,3-9H2,1-2H3. The van der Waals surface area contributed by atoms with Crippen LogP contribution in [0.5, 0.6) is 0 Å². The Morgan fingerprint density at radius 1 is 1.41 bits per heavy atom. The Balaban J connectivity index is 1.84. The van der Waals surface area contributed by atoms with Gasteiger partial charge in [0.15, 0.2) is 0 Å². The van der Waals surface area contributed by atoms with Gasteiger partial charge in [0.1, 0.15) is 0 Å². The third kappa shape index (κ3) is 2.61. The normalized spacial score (nSPS) is 26.4. The van der Waals surface area contributed by atoms with Crippen LogP contribution in [0.2, 0.25) is 0 Å². The summed E-state index contributed by atoms with van der Waals surface area (Å²) in [5, 5.41) is 9.94. The number of hydrogen-bond acceptors (Lipinski definition) is 4. The van der Waals surface area contributed by atoms with Crippen molar-refractivity contribution in [3.05, 3.63) is 0 Å². The van der Waals surface area contributed by atoms with Crippen LogP contribution >= 0.6 is 0 Å². The molecule has 0 radical (unpaired) electrons. The van der Waals surface area contributed by atoms with Gasteiger partial charge in [-0.3, -0.25) is 9.69 Å². The summed E-state index contributed by atoms with van der Waals surface area (Å²) in [5.41, 5.74) is -0.570. The molecule has 5 nitrogen and oxygen atoms in total. The van der Waals surface area contributed by atoms with Gasteiger partial charge in [-0.05, 0) is 13.3 Å². The second-order valence-electron chi connectivity index (χ2n) is 5.10. The Morgan fingerprint density at radius 2 is 2.00 bits per heavy atom. The molecule has 0 aromatic heterocycles. The molecule has 1 unspecified atom stereocenters. The van der Waals surface area contributed by atoms with E-state index in [1.807, 2.05) is 23.6 Å². The van der Waals surface area contributed by atoms with Gasteiger partial charge in [0.05, 0.1) is 24.9 Å². The predicted octanol–water partition coefficient (Wildman–Crippen LogP) is -0.310. The maximum atomic E-state index is 12.2. The maximum absolute atomic E-state index is 12.2. The van der Waals surface area contributed by atoms with Crippen LogP contribution in [0.3, 0.4) is 0 Å². The van der Waals surface area contributed by atoms with Crippen molar-refractivity contribution >= 4 is 5.91 Å². The smallest absolute Gasteiger partial charge is 0.239 e. The van der Waals surface area contributed by atoms with Crippen molar-refractivity contribution in [2.45, 2.75) is 31.9 Å². The SMILES string of the molecule is CCC1(O)CN(C(C)C(=O)N2CCOCC2)C1. The average molecular weight is 242 g/mol. The van der Waals surface area contributed by atoms with Gasteiger partial charge in [-0.15, -0.1) is 0 Å². The van der Waals surface area contributed by atoms with Crippen molar-refractivity contribution in [3.8, 4) is 0 Å². The molecule has 0 aromatic carbocycles. The molecule has 0 bridgehead atoms. The molecule has 98 valence electrons. The number of hydrogen-bond donors (Lipinski definition) is 1. The molecule has 2 heterocycles. The van der Waals surface area contributed by atoms with Gasteiger partial charge in [-0.1, -0.05) is 6.92 Å². The Labute approximate surface area is 102 Å². The van der Waals surface area contributed by atoms with E-state index in [2.05, 4.69) is 0 Å². The minimum atomic E-state index is -0.570. The molecule has 0 spiro atoms. The third-order valence-corrected chi connectivity index (χ3v) is 3.88. The lowest BCUT2D eigenvalue weighted by Gasteiger charge is -2.49. The molecular formula is C12H22N2O3. The molecular weight excluding hydrogens is 220 g/mol. The Kier molecular flexibility index (Phi) is 3.70. The quantitative estimate of drug-likeness (QED) is 0.737. The van der Waals surface area contributed by atoms with E-state index in [4.69, 9.17) is 4.74 Å². The first-order chi connectivity index (χ1) is 8.06. The molecule has 0 aliphatic carbocycles. The summed E-state index contributed by atoms with van der Waals surface area (Å²) in [5.74, 6) is 0.159. The first kappa shape index (κ1) is 12.8. The second-order valence-corrected chi connectivity index (χ2v) is 5.10. The molecule has 1 N–H and O–H groups in total. The summed E-state index contributed by atoms with van der Waals surface area (Å²) in [7, 11) is 0. The van der Waals surface area contributed by atoms with Gasteiger partial charge in [0.2, 0.25) is 5.91 Å². The topological polar surface area (TPSA) is 53.0 Å². The van der Waals surface area contributed by atoms with Crippen molar-refractivity contribution in [2.75, 3.05) is 39.4 Å². The van der Waals surface area contributed by atoms with Crippen molar-refractivity contribution in [3.63, 3.8) is 0 Å². The van der Waals surface area contributed by atoms with E-state index in [0.29, 0.717) is 39.4 Å². The Hall–Kier alpha value is -0.650. The zero-order valence-electron chi connectivity index (χ0n) is 10.7. The van der Waals surface area contributed by atoms with E-state index in [-0.39, 0.29) is 11.9 Å². The molecule has 0 saturated carbocycles. The van der Waals surface area contributed by atoms with Crippen LogP contribution in [-0.4, -0.2) is 71.8 Å². The summed E-state index contributed by atoms with van der Waals surface area (Å²) in [6.45, 7) is 7.78. The van der Waals surface area contributed by atoms with Gasteiger partial charge < -0.3 is 14.7 Å². The fourth-order valence-electron chi connectivity index (χ4n) is 2.41. The highest BCUT2D eigenvalue weighted by molar-refractivity contribution is 5.81. The molecule has 2 fully saturated rings. The molecule has 2 aliphatic heterocycles. The van der Waals surface area contributed by atoms with Crippen molar-refractivity contribution < 1.29 is 14.6 Å². The minimum Gasteiger partial charge on any atom is -0.387 e. The summed E-state index contributed by atoms with van der Waals surface area (Å²) in [4.78, 5) is 16.1. The number of β-amino-alcohol motifs (C(OH)–C–C–N with tert-alkyl or cyclic N) is 1. The molecule has 0 aromatic rings. The summed E-state index contributed by atoms with van der Waals surface area (Å²) < 4.78 is 5.23. The zero-order chi connectivity index (χ0) is 12.5. The van der Waals surface area contributed by atoms with Crippen LogP contribution in [0.25, 0.3) is 0 Å². The van der Waals surface area contributed by atoms with Crippen molar-refractivity contribution in [1.29, 1.82) is 0 Å². The lowest BCUT2D eigenvalue weighted by Crippen LogP contribution is -2.66. The lowest BCUT2D eigenvalue weighted by atomic mass is 9.89. The zero-order valence-corrected chi connectivity index (χ0v) is 10.7. The average Bonchev–Trinajstić information content (AvgIpc) is 2.34. The summed E-state index contributed by atoms with van der Waals surface area (Å²) in [6, 6.07) is -0.125. The van der Waals surface area contributed by atoms with Crippen LogP contribution in [0.4, 0.5) is 0 Å². The fraction of sp³-hybridized carbons (Fsp3) is 0.917. The first-order valence-corrected chi connectivity index (χ1v) is 6.39. The monoisotopic (exact) mass is 242 g/mol. The van der Waals surface area contributed by atoms with Gasteiger partial charge >= 0.3 is 0 Å².